The second-order valence-corrected chi connectivity index (χ2v) is 3.15. The molecule has 5 heteroatoms. The molecule has 3 nitrogen and oxygen atoms in total. The van der Waals surface area contributed by atoms with Gasteiger partial charge in [0.1, 0.15) is 17.5 Å². The number of halogens is 2. The fraction of sp³-hybridized carbons (Fsp3) is 0.0909. The van der Waals surface area contributed by atoms with Gasteiger partial charge in [0.15, 0.2) is 0 Å². The highest BCUT2D eigenvalue weighted by Gasteiger charge is 2.12. The van der Waals surface area contributed by atoms with Crippen LogP contribution in [0.3, 0.4) is 0 Å². The Hall–Kier alpha value is -2.04. The van der Waals surface area contributed by atoms with Crippen molar-refractivity contribution in [2.24, 2.45) is 0 Å². The van der Waals surface area contributed by atoms with Crippen LogP contribution in [0.1, 0.15) is 0 Å². The van der Waals surface area contributed by atoms with E-state index in [4.69, 9.17) is 0 Å². The van der Waals surface area contributed by atoms with Gasteiger partial charge in [-0.25, -0.2) is 8.78 Å². The zero-order valence-corrected chi connectivity index (χ0v) is 8.54. The monoisotopic (exact) mass is 221 g/mol. The van der Waals surface area contributed by atoms with Crippen molar-refractivity contribution in [3.8, 4) is 11.3 Å². The lowest BCUT2D eigenvalue weighted by Gasteiger charge is -2.04. The minimum atomic E-state index is -0.647. The number of hydrogen-bond donors (Lipinski definition) is 1. The number of nitrogens with zero attached hydrogens (tertiary/aromatic N) is 2. The molecular formula is C11H9F2N3. The van der Waals surface area contributed by atoms with Gasteiger partial charge in [-0.3, -0.25) is 0 Å². The van der Waals surface area contributed by atoms with Crippen molar-refractivity contribution in [2.45, 2.75) is 0 Å². The highest BCUT2D eigenvalue weighted by atomic mass is 19.1. The van der Waals surface area contributed by atoms with Crippen molar-refractivity contribution in [1.29, 1.82) is 0 Å². The Morgan fingerprint density at radius 3 is 2.19 bits per heavy atom. The number of aromatic nitrogens is 2. The summed E-state index contributed by atoms with van der Waals surface area (Å²) >= 11 is 0. The van der Waals surface area contributed by atoms with Crippen LogP contribution >= 0.6 is 0 Å². The Morgan fingerprint density at radius 2 is 1.69 bits per heavy atom. The third kappa shape index (κ3) is 1.84. The topological polar surface area (TPSA) is 37.8 Å². The van der Waals surface area contributed by atoms with E-state index in [-0.39, 0.29) is 11.3 Å². The molecule has 1 aromatic carbocycles. The third-order valence-electron chi connectivity index (χ3n) is 2.14. The van der Waals surface area contributed by atoms with Gasteiger partial charge in [-0.2, -0.15) is 0 Å². The summed E-state index contributed by atoms with van der Waals surface area (Å²) in [5.41, 5.74) is 0.0206. The lowest BCUT2D eigenvalue weighted by Crippen LogP contribution is -1.97. The second-order valence-electron chi connectivity index (χ2n) is 3.15. The largest absolute Gasteiger partial charge is 0.372 e. The van der Waals surface area contributed by atoms with Crippen LogP contribution < -0.4 is 5.32 Å². The number of anilines is 1. The molecule has 0 atom stereocenters. The average Bonchev–Trinajstić information content (AvgIpc) is 2.30. The van der Waals surface area contributed by atoms with E-state index < -0.39 is 11.6 Å². The first-order chi connectivity index (χ1) is 7.72. The van der Waals surface area contributed by atoms with E-state index in [1.54, 1.807) is 13.1 Å². The smallest absolute Gasteiger partial charge is 0.148 e. The van der Waals surface area contributed by atoms with E-state index in [9.17, 15) is 8.78 Å². The van der Waals surface area contributed by atoms with Gasteiger partial charge >= 0.3 is 0 Å². The summed E-state index contributed by atoms with van der Waals surface area (Å²) in [5.74, 6) is -0.751. The summed E-state index contributed by atoms with van der Waals surface area (Å²) in [7, 11) is 1.69. The van der Waals surface area contributed by atoms with Gasteiger partial charge in [0.05, 0.1) is 11.3 Å². The fourth-order valence-electron chi connectivity index (χ4n) is 1.34. The van der Waals surface area contributed by atoms with E-state index >= 15 is 0 Å². The van der Waals surface area contributed by atoms with Crippen LogP contribution in [-0.2, 0) is 0 Å². The Labute approximate surface area is 91.1 Å². The van der Waals surface area contributed by atoms with Crippen molar-refractivity contribution in [3.05, 3.63) is 42.0 Å². The Morgan fingerprint density at radius 1 is 1.00 bits per heavy atom. The molecule has 0 unspecified atom stereocenters. The summed E-state index contributed by atoms with van der Waals surface area (Å²) < 4.78 is 26.8. The van der Waals surface area contributed by atoms with E-state index in [2.05, 4.69) is 15.5 Å². The van der Waals surface area contributed by atoms with Gasteiger partial charge in [0, 0.05) is 7.05 Å². The molecule has 0 amide bonds. The molecule has 0 aliphatic carbocycles. The van der Waals surface area contributed by atoms with Crippen molar-refractivity contribution < 1.29 is 8.78 Å². The average molecular weight is 221 g/mol. The van der Waals surface area contributed by atoms with Crippen LogP contribution in [0, 0.1) is 11.6 Å². The molecule has 1 heterocycles. The summed E-state index contributed by atoms with van der Waals surface area (Å²) in [5, 5.41) is 10.3. The molecule has 0 aliphatic heterocycles. The van der Waals surface area contributed by atoms with Gasteiger partial charge in [-0.1, -0.05) is 6.07 Å². The minimum absolute atomic E-state index is 0.155. The van der Waals surface area contributed by atoms with Crippen LogP contribution in [0.5, 0.6) is 0 Å². The van der Waals surface area contributed by atoms with Gasteiger partial charge in [-0.15, -0.1) is 10.2 Å². The van der Waals surface area contributed by atoms with Crippen molar-refractivity contribution >= 4 is 5.82 Å². The summed E-state index contributed by atoms with van der Waals surface area (Å²) in [6.07, 6.45) is 0. The summed E-state index contributed by atoms with van der Waals surface area (Å²) in [4.78, 5) is 0. The van der Waals surface area contributed by atoms with Crippen molar-refractivity contribution in [2.75, 3.05) is 12.4 Å². The predicted octanol–water partition coefficient (Wildman–Crippen LogP) is 2.46. The lowest BCUT2D eigenvalue weighted by atomic mass is 10.1. The second kappa shape index (κ2) is 4.22. The van der Waals surface area contributed by atoms with Crippen molar-refractivity contribution in [1.82, 2.24) is 10.2 Å². The lowest BCUT2D eigenvalue weighted by molar-refractivity contribution is 0.588. The maximum absolute atomic E-state index is 13.4. The molecule has 82 valence electrons. The molecule has 0 aliphatic rings. The van der Waals surface area contributed by atoms with Gasteiger partial charge in [0.25, 0.3) is 0 Å². The molecule has 1 aromatic heterocycles. The van der Waals surface area contributed by atoms with Gasteiger partial charge < -0.3 is 5.32 Å². The molecule has 2 aromatic rings. The van der Waals surface area contributed by atoms with E-state index in [1.807, 2.05) is 0 Å². The zero-order valence-electron chi connectivity index (χ0n) is 8.54. The number of nitrogens with one attached hydrogen (secondary N) is 1. The van der Waals surface area contributed by atoms with Crippen LogP contribution in [0.25, 0.3) is 11.3 Å². The summed E-state index contributed by atoms with van der Waals surface area (Å²) in [6, 6.07) is 6.80. The molecule has 0 fully saturated rings. The Kier molecular flexibility index (Phi) is 2.76. The standard InChI is InChI=1S/C11H9F2N3/c1-14-10-6-5-9(15-16-10)11-7(12)3-2-4-8(11)13/h2-6H,1H3,(H,14,16). The SMILES string of the molecule is CNc1ccc(-c2c(F)cccc2F)nn1. The first kappa shape index (κ1) is 10.5. The first-order valence-corrected chi connectivity index (χ1v) is 4.68. The third-order valence-corrected chi connectivity index (χ3v) is 2.14. The molecule has 0 saturated heterocycles. The number of rotatable bonds is 2. The molecule has 16 heavy (non-hydrogen) atoms. The van der Waals surface area contributed by atoms with Gasteiger partial charge in [-0.05, 0) is 24.3 Å². The van der Waals surface area contributed by atoms with E-state index in [0.717, 1.165) is 0 Å². The zero-order chi connectivity index (χ0) is 11.5. The molecular weight excluding hydrogens is 212 g/mol. The quantitative estimate of drug-likeness (QED) is 0.846. The summed E-state index contributed by atoms with van der Waals surface area (Å²) in [6.45, 7) is 0. The van der Waals surface area contributed by atoms with Crippen LogP contribution in [0.2, 0.25) is 0 Å². The number of hydrogen-bond acceptors (Lipinski definition) is 3. The fourth-order valence-corrected chi connectivity index (χ4v) is 1.34. The molecule has 1 N–H and O–H groups in total. The van der Waals surface area contributed by atoms with Crippen LogP contribution in [-0.4, -0.2) is 17.2 Å². The highest BCUT2D eigenvalue weighted by Crippen LogP contribution is 2.23. The molecule has 0 radical (unpaired) electrons. The minimum Gasteiger partial charge on any atom is -0.372 e. The maximum atomic E-state index is 13.4. The molecule has 0 saturated carbocycles. The van der Waals surface area contributed by atoms with Crippen molar-refractivity contribution in [3.63, 3.8) is 0 Å². The predicted molar refractivity (Wildman–Crippen MR) is 56.9 cm³/mol. The highest BCUT2D eigenvalue weighted by molar-refractivity contribution is 5.61. The Balaban J connectivity index is 2.50. The first-order valence-electron chi connectivity index (χ1n) is 4.68. The van der Waals surface area contributed by atoms with Gasteiger partial charge in [0.2, 0.25) is 0 Å². The maximum Gasteiger partial charge on any atom is 0.148 e. The molecule has 0 spiro atoms. The van der Waals surface area contributed by atoms with Crippen LogP contribution in [0.15, 0.2) is 30.3 Å². The normalized spacial score (nSPS) is 10.2. The molecule has 0 bridgehead atoms. The van der Waals surface area contributed by atoms with Crippen LogP contribution in [0.4, 0.5) is 14.6 Å². The molecule has 2 rings (SSSR count). The van der Waals surface area contributed by atoms with E-state index in [0.29, 0.717) is 5.82 Å². The van der Waals surface area contributed by atoms with E-state index in [1.165, 1.54) is 24.3 Å². The number of benzene rings is 1. The Bertz CT molecular complexity index is 477.